The van der Waals surface area contributed by atoms with E-state index in [1.165, 1.54) is 22.3 Å². The van der Waals surface area contributed by atoms with Crippen molar-refractivity contribution >= 4 is 6.09 Å². The number of ether oxygens (including phenoxy) is 9. The molecule has 0 saturated heterocycles. The lowest BCUT2D eigenvalue weighted by Crippen LogP contribution is -2.27. The van der Waals surface area contributed by atoms with E-state index in [4.69, 9.17) is 42.6 Å². The molecule has 1 aliphatic carbocycles. The third-order valence-corrected chi connectivity index (χ3v) is 6.90. The fraction of sp³-hybridized carbons (Fsp3) is 0.618. The molecule has 0 radical (unpaired) electrons. The van der Waals surface area contributed by atoms with E-state index in [1.54, 1.807) is 0 Å². The number of benzene rings is 2. The molecule has 258 valence electrons. The Bertz CT molecular complexity index is 1020. The molecule has 1 amide bonds. The summed E-state index contributed by atoms with van der Waals surface area (Å²) in [6, 6.07) is 16.5. The smallest absolute Gasteiger partial charge is 0.407 e. The van der Waals surface area contributed by atoms with Gasteiger partial charge in [0.15, 0.2) is 0 Å². The third kappa shape index (κ3) is 15.7. The van der Waals surface area contributed by atoms with E-state index in [2.05, 4.69) is 29.6 Å². The van der Waals surface area contributed by atoms with Gasteiger partial charge < -0.3 is 47.9 Å². The van der Waals surface area contributed by atoms with Crippen LogP contribution in [0.4, 0.5) is 9.18 Å². The Kier molecular flexibility index (Phi) is 20.9. The van der Waals surface area contributed by atoms with Gasteiger partial charge in [-0.1, -0.05) is 48.5 Å². The van der Waals surface area contributed by atoms with Gasteiger partial charge in [0.05, 0.1) is 99.1 Å². The molecule has 46 heavy (non-hydrogen) atoms. The third-order valence-electron chi connectivity index (χ3n) is 6.90. The second kappa shape index (κ2) is 25.4. The summed E-state index contributed by atoms with van der Waals surface area (Å²) in [4.78, 5) is 12.2. The van der Waals surface area contributed by atoms with Gasteiger partial charge in [0.2, 0.25) is 0 Å². The number of halogens is 1. The molecule has 1 N–H and O–H groups in total. The normalized spacial score (nSPS) is 12.3. The average Bonchev–Trinajstić information content (AvgIpc) is 3.40. The van der Waals surface area contributed by atoms with Gasteiger partial charge in [0.25, 0.3) is 0 Å². The number of nitrogens with one attached hydrogen (secondary N) is 1. The van der Waals surface area contributed by atoms with Crippen LogP contribution in [0.3, 0.4) is 0 Å². The first-order chi connectivity index (χ1) is 22.8. The van der Waals surface area contributed by atoms with Gasteiger partial charge in [0, 0.05) is 19.1 Å². The first-order valence-electron chi connectivity index (χ1n) is 16.1. The minimum absolute atomic E-state index is 0.0500. The van der Waals surface area contributed by atoms with Gasteiger partial charge in [-0.3, -0.25) is 0 Å². The van der Waals surface area contributed by atoms with E-state index in [0.29, 0.717) is 119 Å². The average molecular weight is 652 g/mol. The Hall–Kier alpha value is -2.68. The zero-order chi connectivity index (χ0) is 32.3. The Morgan fingerprint density at radius 2 is 0.913 bits per heavy atom. The first-order valence-corrected chi connectivity index (χ1v) is 16.1. The summed E-state index contributed by atoms with van der Waals surface area (Å²) in [6.07, 6.45) is 0.267. The summed E-state index contributed by atoms with van der Waals surface area (Å²) in [6.45, 7) is 7.52. The molecule has 0 atom stereocenters. The molecule has 2 aromatic carbocycles. The van der Waals surface area contributed by atoms with Crippen molar-refractivity contribution in [2.75, 3.05) is 126 Å². The van der Waals surface area contributed by atoms with Gasteiger partial charge in [-0.2, -0.15) is 0 Å². The van der Waals surface area contributed by atoms with Crippen molar-refractivity contribution in [1.82, 2.24) is 5.32 Å². The van der Waals surface area contributed by atoms with Crippen LogP contribution in [0.2, 0.25) is 0 Å². The summed E-state index contributed by atoms with van der Waals surface area (Å²) >= 11 is 0. The maximum absolute atomic E-state index is 12.2. The van der Waals surface area contributed by atoms with Crippen molar-refractivity contribution in [1.29, 1.82) is 0 Å². The largest absolute Gasteiger partial charge is 0.449 e. The molecule has 1 aliphatic rings. The van der Waals surface area contributed by atoms with Gasteiger partial charge in [-0.05, 0) is 28.7 Å². The van der Waals surface area contributed by atoms with Gasteiger partial charge in [0.1, 0.15) is 13.3 Å². The fourth-order valence-corrected chi connectivity index (χ4v) is 4.71. The highest BCUT2D eigenvalue weighted by molar-refractivity contribution is 5.79. The quantitative estimate of drug-likeness (QED) is 0.130. The van der Waals surface area contributed by atoms with Crippen LogP contribution < -0.4 is 5.32 Å². The molecule has 0 heterocycles. The SMILES string of the molecule is O=C(NCCCOCCOCCOCCOCCOCCOCCOCCOCCF)OCC1c2ccccc2-c2ccccc21. The highest BCUT2D eigenvalue weighted by atomic mass is 19.1. The summed E-state index contributed by atoms with van der Waals surface area (Å²) in [5, 5.41) is 2.80. The monoisotopic (exact) mass is 651 g/mol. The minimum Gasteiger partial charge on any atom is -0.449 e. The van der Waals surface area contributed by atoms with Crippen molar-refractivity contribution in [3.05, 3.63) is 59.7 Å². The van der Waals surface area contributed by atoms with E-state index in [9.17, 15) is 9.18 Å². The van der Waals surface area contributed by atoms with Gasteiger partial charge >= 0.3 is 6.09 Å². The standard InChI is InChI=1S/C34H50FNO10/c35-10-13-39-15-17-41-19-21-43-23-25-45-27-26-44-24-22-42-20-18-40-16-14-38-12-5-11-36-34(37)46-28-33-31-8-3-1-6-29(31)30-7-2-4-9-32(30)33/h1-4,6-9,33H,5,10-28H2,(H,36,37). The minimum atomic E-state index is -0.478. The number of hydrogen-bond acceptors (Lipinski definition) is 10. The van der Waals surface area contributed by atoms with E-state index in [1.807, 2.05) is 24.3 Å². The first kappa shape index (κ1) is 37.8. The lowest BCUT2D eigenvalue weighted by atomic mass is 9.98. The number of amides is 1. The lowest BCUT2D eigenvalue weighted by Gasteiger charge is -2.14. The van der Waals surface area contributed by atoms with Crippen LogP contribution in [-0.2, 0) is 42.6 Å². The zero-order valence-electron chi connectivity index (χ0n) is 26.8. The molecule has 0 bridgehead atoms. The van der Waals surface area contributed by atoms with Crippen LogP contribution in [0.25, 0.3) is 11.1 Å². The Morgan fingerprint density at radius 3 is 1.33 bits per heavy atom. The molecular formula is C34H50FNO10. The van der Waals surface area contributed by atoms with Crippen LogP contribution in [0.15, 0.2) is 48.5 Å². The topological polar surface area (TPSA) is 112 Å². The molecule has 0 fully saturated rings. The molecule has 12 heteroatoms. The zero-order valence-corrected chi connectivity index (χ0v) is 26.8. The number of carbonyl (C=O) groups is 1. The molecule has 0 aliphatic heterocycles. The molecule has 3 rings (SSSR count). The second-order valence-electron chi connectivity index (χ2n) is 10.2. The molecule has 0 unspecified atom stereocenters. The molecule has 11 nitrogen and oxygen atoms in total. The van der Waals surface area contributed by atoms with Crippen LogP contribution in [0.1, 0.15) is 23.5 Å². The van der Waals surface area contributed by atoms with Crippen molar-refractivity contribution in [3.8, 4) is 11.1 Å². The Morgan fingerprint density at radius 1 is 0.543 bits per heavy atom. The summed E-state index contributed by atoms with van der Waals surface area (Å²) < 4.78 is 60.5. The maximum Gasteiger partial charge on any atom is 0.407 e. The fourth-order valence-electron chi connectivity index (χ4n) is 4.71. The number of hydrogen-bond donors (Lipinski definition) is 1. The summed E-state index contributed by atoms with van der Waals surface area (Å²) in [7, 11) is 0. The Balaban J connectivity index is 1.00. The molecule has 0 aromatic heterocycles. The predicted octanol–water partition coefficient (Wildman–Crippen LogP) is 4.02. The van der Waals surface area contributed by atoms with Crippen LogP contribution in [0.5, 0.6) is 0 Å². The molecular weight excluding hydrogens is 601 g/mol. The lowest BCUT2D eigenvalue weighted by molar-refractivity contribution is -0.0233. The number of fused-ring (bicyclic) bond motifs is 3. The number of alkyl carbamates (subject to hydrolysis) is 1. The van der Waals surface area contributed by atoms with Crippen molar-refractivity contribution in [3.63, 3.8) is 0 Å². The van der Waals surface area contributed by atoms with E-state index in [-0.39, 0.29) is 12.5 Å². The number of alkyl halides is 1. The highest BCUT2D eigenvalue weighted by Crippen LogP contribution is 2.44. The van der Waals surface area contributed by atoms with Crippen molar-refractivity contribution < 1.29 is 51.8 Å². The van der Waals surface area contributed by atoms with Crippen LogP contribution >= 0.6 is 0 Å². The highest BCUT2D eigenvalue weighted by Gasteiger charge is 2.28. The summed E-state index contributed by atoms with van der Waals surface area (Å²) in [5.74, 6) is 0.0500. The number of carbonyl (C=O) groups excluding carboxylic acids is 1. The van der Waals surface area contributed by atoms with Crippen LogP contribution in [-0.4, -0.2) is 132 Å². The van der Waals surface area contributed by atoms with Crippen LogP contribution in [0, 0.1) is 0 Å². The van der Waals surface area contributed by atoms with Crippen molar-refractivity contribution in [2.45, 2.75) is 12.3 Å². The predicted molar refractivity (Wildman–Crippen MR) is 170 cm³/mol. The van der Waals surface area contributed by atoms with Gasteiger partial charge in [-0.15, -0.1) is 0 Å². The van der Waals surface area contributed by atoms with E-state index in [0.717, 1.165) is 0 Å². The Labute approximate surface area is 271 Å². The second-order valence-corrected chi connectivity index (χ2v) is 10.2. The van der Waals surface area contributed by atoms with E-state index >= 15 is 0 Å². The van der Waals surface area contributed by atoms with Gasteiger partial charge in [-0.25, -0.2) is 9.18 Å². The van der Waals surface area contributed by atoms with E-state index < -0.39 is 12.8 Å². The van der Waals surface area contributed by atoms with Crippen molar-refractivity contribution in [2.24, 2.45) is 0 Å². The molecule has 0 spiro atoms. The maximum atomic E-state index is 12.2. The number of rotatable bonds is 29. The molecule has 2 aromatic rings. The molecule has 0 saturated carbocycles. The summed E-state index contributed by atoms with van der Waals surface area (Å²) in [5.41, 5.74) is 4.80.